The highest BCUT2D eigenvalue weighted by Crippen LogP contribution is 2.33. The first kappa shape index (κ1) is 14.3. The first-order valence-electron chi connectivity index (χ1n) is 6.86. The van der Waals surface area contributed by atoms with Crippen LogP contribution in [-0.2, 0) is 6.42 Å². The molecule has 0 aliphatic rings. The van der Waals surface area contributed by atoms with Crippen molar-refractivity contribution < 1.29 is 14.6 Å². The van der Waals surface area contributed by atoms with E-state index in [-0.39, 0.29) is 5.75 Å². The number of phenols is 1. The molecular weight excluding hydrogens is 252 g/mol. The van der Waals surface area contributed by atoms with Crippen LogP contribution in [0.1, 0.15) is 25.3 Å². The monoisotopic (exact) mass is 272 g/mol. The smallest absolute Gasteiger partial charge is 0.172 e. The van der Waals surface area contributed by atoms with Gasteiger partial charge in [-0.2, -0.15) is 0 Å². The molecule has 0 aliphatic carbocycles. The molecule has 106 valence electrons. The van der Waals surface area contributed by atoms with Crippen molar-refractivity contribution in [1.82, 2.24) is 0 Å². The Morgan fingerprint density at radius 1 is 1.00 bits per heavy atom. The fraction of sp³-hybridized carbons (Fsp3) is 0.294. The standard InChI is InChI=1S/C17H20O3/c1-3-4-5-13-6-8-14(9-7-13)20-17-12-15(19-2)10-11-16(17)18/h6-12,18H,3-5H2,1-2H3. The number of ether oxygens (including phenoxy) is 2. The van der Waals surface area contributed by atoms with E-state index < -0.39 is 0 Å². The predicted octanol–water partition coefficient (Wildman–Crippen LogP) is 4.54. The molecule has 0 atom stereocenters. The van der Waals surface area contributed by atoms with Gasteiger partial charge in [-0.3, -0.25) is 0 Å². The van der Waals surface area contributed by atoms with Gasteiger partial charge in [-0.1, -0.05) is 25.5 Å². The molecular formula is C17H20O3. The number of rotatable bonds is 6. The third-order valence-electron chi connectivity index (χ3n) is 3.14. The number of aromatic hydroxyl groups is 1. The van der Waals surface area contributed by atoms with Gasteiger partial charge in [-0.25, -0.2) is 0 Å². The lowest BCUT2D eigenvalue weighted by Crippen LogP contribution is -1.89. The molecule has 0 aromatic heterocycles. The normalized spacial score (nSPS) is 10.3. The van der Waals surface area contributed by atoms with Crippen LogP contribution in [0.2, 0.25) is 0 Å². The number of unbranched alkanes of at least 4 members (excludes halogenated alkanes) is 1. The molecule has 2 aromatic rings. The Balaban J connectivity index is 2.09. The van der Waals surface area contributed by atoms with Crippen molar-refractivity contribution in [1.29, 1.82) is 0 Å². The van der Waals surface area contributed by atoms with Gasteiger partial charge in [-0.15, -0.1) is 0 Å². The highest BCUT2D eigenvalue weighted by Gasteiger charge is 2.06. The van der Waals surface area contributed by atoms with E-state index in [2.05, 4.69) is 19.1 Å². The van der Waals surface area contributed by atoms with E-state index in [1.165, 1.54) is 18.4 Å². The summed E-state index contributed by atoms with van der Waals surface area (Å²) in [5.74, 6) is 1.85. The molecule has 3 heteroatoms. The van der Waals surface area contributed by atoms with E-state index >= 15 is 0 Å². The number of benzene rings is 2. The predicted molar refractivity (Wildman–Crippen MR) is 79.8 cm³/mol. The third kappa shape index (κ3) is 3.67. The maximum Gasteiger partial charge on any atom is 0.172 e. The maximum absolute atomic E-state index is 9.78. The van der Waals surface area contributed by atoms with Crippen LogP contribution < -0.4 is 9.47 Å². The van der Waals surface area contributed by atoms with Crippen molar-refractivity contribution in [2.75, 3.05) is 7.11 Å². The molecule has 20 heavy (non-hydrogen) atoms. The van der Waals surface area contributed by atoms with Crippen LogP contribution in [0.4, 0.5) is 0 Å². The third-order valence-corrected chi connectivity index (χ3v) is 3.14. The van der Waals surface area contributed by atoms with E-state index in [1.807, 2.05) is 12.1 Å². The molecule has 0 amide bonds. The molecule has 0 unspecified atom stereocenters. The zero-order chi connectivity index (χ0) is 14.4. The first-order chi connectivity index (χ1) is 9.72. The largest absolute Gasteiger partial charge is 0.504 e. The Labute approximate surface area is 119 Å². The fourth-order valence-electron chi connectivity index (χ4n) is 1.94. The molecule has 1 N–H and O–H groups in total. The minimum Gasteiger partial charge on any atom is -0.504 e. The summed E-state index contributed by atoms with van der Waals surface area (Å²) in [4.78, 5) is 0. The van der Waals surface area contributed by atoms with Crippen molar-refractivity contribution in [2.45, 2.75) is 26.2 Å². The molecule has 0 saturated carbocycles. The summed E-state index contributed by atoms with van der Waals surface area (Å²) in [6.07, 6.45) is 3.47. The summed E-state index contributed by atoms with van der Waals surface area (Å²) in [7, 11) is 1.58. The van der Waals surface area contributed by atoms with Crippen molar-refractivity contribution in [3.05, 3.63) is 48.0 Å². The van der Waals surface area contributed by atoms with Crippen molar-refractivity contribution in [2.24, 2.45) is 0 Å². The summed E-state index contributed by atoms with van der Waals surface area (Å²) in [6, 6.07) is 12.9. The number of methoxy groups -OCH3 is 1. The van der Waals surface area contributed by atoms with Crippen molar-refractivity contribution >= 4 is 0 Å². The second kappa shape index (κ2) is 6.85. The lowest BCUT2D eigenvalue weighted by Gasteiger charge is -2.10. The van der Waals surface area contributed by atoms with Crippen molar-refractivity contribution in [3.63, 3.8) is 0 Å². The second-order valence-corrected chi connectivity index (χ2v) is 4.68. The molecule has 2 aromatic carbocycles. The Morgan fingerprint density at radius 3 is 2.35 bits per heavy atom. The molecule has 0 spiro atoms. The molecule has 0 radical (unpaired) electrons. The van der Waals surface area contributed by atoms with Gasteiger partial charge in [0.25, 0.3) is 0 Å². The first-order valence-corrected chi connectivity index (χ1v) is 6.86. The van der Waals surface area contributed by atoms with Gasteiger partial charge >= 0.3 is 0 Å². The van der Waals surface area contributed by atoms with E-state index in [0.717, 1.165) is 6.42 Å². The lowest BCUT2D eigenvalue weighted by atomic mass is 10.1. The minimum absolute atomic E-state index is 0.0980. The Morgan fingerprint density at radius 2 is 1.70 bits per heavy atom. The van der Waals surface area contributed by atoms with Gasteiger partial charge in [0, 0.05) is 6.07 Å². The fourth-order valence-corrected chi connectivity index (χ4v) is 1.94. The van der Waals surface area contributed by atoms with Crippen LogP contribution >= 0.6 is 0 Å². The average Bonchev–Trinajstić information content (AvgIpc) is 2.49. The van der Waals surface area contributed by atoms with Crippen molar-refractivity contribution in [3.8, 4) is 23.0 Å². The summed E-state index contributed by atoms with van der Waals surface area (Å²) in [5.41, 5.74) is 1.30. The lowest BCUT2D eigenvalue weighted by molar-refractivity contribution is 0.391. The van der Waals surface area contributed by atoms with E-state index in [4.69, 9.17) is 9.47 Å². The van der Waals surface area contributed by atoms with Gasteiger partial charge in [0.05, 0.1) is 7.11 Å². The topological polar surface area (TPSA) is 38.7 Å². The van der Waals surface area contributed by atoms with Gasteiger partial charge < -0.3 is 14.6 Å². The second-order valence-electron chi connectivity index (χ2n) is 4.68. The van der Waals surface area contributed by atoms with E-state index in [1.54, 1.807) is 25.3 Å². The molecule has 0 fully saturated rings. The minimum atomic E-state index is 0.0980. The molecule has 3 nitrogen and oxygen atoms in total. The van der Waals surface area contributed by atoms with E-state index in [0.29, 0.717) is 17.2 Å². The van der Waals surface area contributed by atoms with Gasteiger partial charge in [0.1, 0.15) is 11.5 Å². The van der Waals surface area contributed by atoms with Crippen LogP contribution in [0.5, 0.6) is 23.0 Å². The molecule has 0 saturated heterocycles. The molecule has 0 aliphatic heterocycles. The van der Waals surface area contributed by atoms with Crippen LogP contribution in [0.3, 0.4) is 0 Å². The highest BCUT2D eigenvalue weighted by molar-refractivity contribution is 5.47. The highest BCUT2D eigenvalue weighted by atomic mass is 16.5. The number of aryl methyl sites for hydroxylation is 1. The Bertz CT molecular complexity index is 547. The number of phenolic OH excluding ortho intramolecular Hbond substituents is 1. The van der Waals surface area contributed by atoms with Crippen LogP contribution in [-0.4, -0.2) is 12.2 Å². The zero-order valence-corrected chi connectivity index (χ0v) is 11.9. The molecule has 2 rings (SSSR count). The van der Waals surface area contributed by atoms with Gasteiger partial charge in [0.2, 0.25) is 0 Å². The SMILES string of the molecule is CCCCc1ccc(Oc2cc(OC)ccc2O)cc1. The van der Waals surface area contributed by atoms with Crippen LogP contribution in [0, 0.1) is 0 Å². The molecule has 0 bridgehead atoms. The average molecular weight is 272 g/mol. The summed E-state index contributed by atoms with van der Waals surface area (Å²) < 4.78 is 10.8. The van der Waals surface area contributed by atoms with Gasteiger partial charge in [0.15, 0.2) is 11.5 Å². The maximum atomic E-state index is 9.78. The van der Waals surface area contributed by atoms with Gasteiger partial charge in [-0.05, 0) is 42.7 Å². The van der Waals surface area contributed by atoms with Crippen LogP contribution in [0.15, 0.2) is 42.5 Å². The molecule has 0 heterocycles. The Hall–Kier alpha value is -2.16. The quantitative estimate of drug-likeness (QED) is 0.839. The summed E-state index contributed by atoms with van der Waals surface area (Å²) in [5, 5.41) is 9.78. The summed E-state index contributed by atoms with van der Waals surface area (Å²) in [6.45, 7) is 2.18. The van der Waals surface area contributed by atoms with E-state index in [9.17, 15) is 5.11 Å². The number of hydrogen-bond acceptors (Lipinski definition) is 3. The zero-order valence-electron chi connectivity index (χ0n) is 11.9. The Kier molecular flexibility index (Phi) is 4.88. The number of hydrogen-bond donors (Lipinski definition) is 1. The summed E-state index contributed by atoms with van der Waals surface area (Å²) >= 11 is 0. The van der Waals surface area contributed by atoms with Crippen LogP contribution in [0.25, 0.3) is 0 Å².